The van der Waals surface area contributed by atoms with Crippen molar-refractivity contribution < 1.29 is 19.7 Å². The number of methoxy groups -OCH3 is 1. The molecule has 3 N–H and O–H groups in total. The Morgan fingerprint density at radius 2 is 2.16 bits per heavy atom. The average molecular weight is 269 g/mol. The van der Waals surface area contributed by atoms with Crippen LogP contribution in [-0.2, 0) is 6.54 Å². The van der Waals surface area contributed by atoms with E-state index in [2.05, 4.69) is 12.2 Å². The van der Waals surface area contributed by atoms with Crippen molar-refractivity contribution in [3.63, 3.8) is 0 Å². The summed E-state index contributed by atoms with van der Waals surface area (Å²) in [6.07, 6.45) is 0.193. The van der Waals surface area contributed by atoms with Crippen LogP contribution < -0.4 is 14.8 Å². The van der Waals surface area contributed by atoms with E-state index in [1.807, 2.05) is 12.1 Å². The van der Waals surface area contributed by atoms with Gasteiger partial charge in [0.05, 0.1) is 13.7 Å². The SMILES string of the molecule is CCCNCc1ccc(OC)cc1OCC(O)CO. The Bertz CT molecular complexity index is 370. The summed E-state index contributed by atoms with van der Waals surface area (Å²) in [6, 6.07) is 5.59. The van der Waals surface area contributed by atoms with Crippen LogP contribution in [0.5, 0.6) is 11.5 Å². The van der Waals surface area contributed by atoms with Crippen LogP contribution in [0.4, 0.5) is 0 Å². The van der Waals surface area contributed by atoms with Crippen molar-refractivity contribution in [3.8, 4) is 11.5 Å². The zero-order valence-corrected chi connectivity index (χ0v) is 11.6. The molecule has 0 radical (unpaired) electrons. The number of ether oxygens (including phenoxy) is 2. The molecule has 0 saturated heterocycles. The third-order valence-electron chi connectivity index (χ3n) is 2.66. The van der Waals surface area contributed by atoms with E-state index in [0.29, 0.717) is 18.0 Å². The fourth-order valence-electron chi connectivity index (χ4n) is 1.58. The molecule has 0 bridgehead atoms. The monoisotopic (exact) mass is 269 g/mol. The zero-order valence-electron chi connectivity index (χ0n) is 11.6. The van der Waals surface area contributed by atoms with Gasteiger partial charge in [-0.1, -0.05) is 13.0 Å². The predicted octanol–water partition coefficient (Wildman–Crippen LogP) is 0.927. The van der Waals surface area contributed by atoms with Crippen LogP contribution in [0.1, 0.15) is 18.9 Å². The van der Waals surface area contributed by atoms with Crippen LogP contribution in [0.25, 0.3) is 0 Å². The maximum Gasteiger partial charge on any atom is 0.127 e. The molecule has 1 atom stereocenters. The van der Waals surface area contributed by atoms with Gasteiger partial charge in [-0.15, -0.1) is 0 Å². The molecule has 0 spiro atoms. The lowest BCUT2D eigenvalue weighted by Gasteiger charge is -2.15. The lowest BCUT2D eigenvalue weighted by Crippen LogP contribution is -2.22. The van der Waals surface area contributed by atoms with Crippen molar-refractivity contribution in [2.45, 2.75) is 26.0 Å². The number of rotatable bonds is 9. The topological polar surface area (TPSA) is 71.0 Å². The van der Waals surface area contributed by atoms with Gasteiger partial charge in [0.15, 0.2) is 0 Å². The zero-order chi connectivity index (χ0) is 14.1. The molecule has 1 aromatic rings. The number of benzene rings is 1. The highest BCUT2D eigenvalue weighted by molar-refractivity contribution is 5.40. The van der Waals surface area contributed by atoms with Crippen LogP contribution in [0.15, 0.2) is 18.2 Å². The van der Waals surface area contributed by atoms with E-state index in [-0.39, 0.29) is 13.2 Å². The van der Waals surface area contributed by atoms with Crippen molar-refractivity contribution in [1.29, 1.82) is 0 Å². The highest BCUT2D eigenvalue weighted by Gasteiger charge is 2.08. The molecular formula is C14H23NO4. The first-order valence-corrected chi connectivity index (χ1v) is 6.50. The Morgan fingerprint density at radius 1 is 1.37 bits per heavy atom. The van der Waals surface area contributed by atoms with E-state index in [4.69, 9.17) is 14.6 Å². The van der Waals surface area contributed by atoms with Crippen molar-refractivity contribution in [1.82, 2.24) is 5.32 Å². The van der Waals surface area contributed by atoms with Gasteiger partial charge in [0.1, 0.15) is 24.2 Å². The number of hydrogen-bond donors (Lipinski definition) is 3. The first kappa shape index (κ1) is 15.8. The van der Waals surface area contributed by atoms with Gasteiger partial charge in [0, 0.05) is 18.2 Å². The second-order valence-corrected chi connectivity index (χ2v) is 4.30. The summed E-state index contributed by atoms with van der Waals surface area (Å²) >= 11 is 0. The van der Waals surface area contributed by atoms with Crippen LogP contribution in [0.3, 0.4) is 0 Å². The smallest absolute Gasteiger partial charge is 0.127 e. The maximum atomic E-state index is 9.33. The summed E-state index contributed by atoms with van der Waals surface area (Å²) in [4.78, 5) is 0. The highest BCUT2D eigenvalue weighted by Crippen LogP contribution is 2.25. The van der Waals surface area contributed by atoms with E-state index < -0.39 is 6.10 Å². The maximum absolute atomic E-state index is 9.33. The molecule has 108 valence electrons. The van der Waals surface area contributed by atoms with E-state index >= 15 is 0 Å². The third-order valence-corrected chi connectivity index (χ3v) is 2.66. The molecule has 0 amide bonds. The van der Waals surface area contributed by atoms with Crippen molar-refractivity contribution >= 4 is 0 Å². The summed E-state index contributed by atoms with van der Waals surface area (Å²) in [5, 5.41) is 21.4. The second kappa shape index (κ2) is 8.74. The first-order valence-electron chi connectivity index (χ1n) is 6.50. The van der Waals surface area contributed by atoms with Gasteiger partial charge >= 0.3 is 0 Å². The number of nitrogens with one attached hydrogen (secondary N) is 1. The molecule has 5 nitrogen and oxygen atoms in total. The fourth-order valence-corrected chi connectivity index (χ4v) is 1.58. The van der Waals surface area contributed by atoms with Crippen LogP contribution in [0.2, 0.25) is 0 Å². The lowest BCUT2D eigenvalue weighted by atomic mass is 10.2. The van der Waals surface area contributed by atoms with E-state index in [1.54, 1.807) is 13.2 Å². The molecule has 0 aliphatic carbocycles. The second-order valence-electron chi connectivity index (χ2n) is 4.30. The normalized spacial score (nSPS) is 12.2. The molecule has 0 heterocycles. The van der Waals surface area contributed by atoms with Crippen molar-refractivity contribution in [3.05, 3.63) is 23.8 Å². The average Bonchev–Trinajstić information content (AvgIpc) is 2.45. The summed E-state index contributed by atoms with van der Waals surface area (Å²) < 4.78 is 10.7. The minimum absolute atomic E-state index is 0.0600. The number of aliphatic hydroxyl groups excluding tert-OH is 2. The Hall–Kier alpha value is -1.30. The standard InChI is InChI=1S/C14H23NO4/c1-3-6-15-8-11-4-5-13(18-2)7-14(11)19-10-12(17)9-16/h4-5,7,12,15-17H,3,6,8-10H2,1-2H3. The molecule has 0 fully saturated rings. The van der Waals surface area contributed by atoms with Crippen LogP contribution in [-0.4, -0.2) is 43.2 Å². The fraction of sp³-hybridized carbons (Fsp3) is 0.571. The molecule has 0 saturated carbocycles. The summed E-state index contributed by atoms with van der Waals surface area (Å²) in [5.74, 6) is 1.36. The van der Waals surface area contributed by atoms with Crippen molar-refractivity contribution in [2.24, 2.45) is 0 Å². The molecule has 1 unspecified atom stereocenters. The Balaban J connectivity index is 2.71. The summed E-state index contributed by atoms with van der Waals surface area (Å²) in [6.45, 7) is 3.49. The summed E-state index contributed by atoms with van der Waals surface area (Å²) in [7, 11) is 1.59. The quantitative estimate of drug-likeness (QED) is 0.582. The minimum Gasteiger partial charge on any atom is -0.497 e. The molecule has 0 aromatic heterocycles. The first-order chi connectivity index (χ1) is 9.21. The third kappa shape index (κ3) is 5.46. The van der Waals surface area contributed by atoms with Gasteiger partial charge < -0.3 is 25.0 Å². The Kier molecular flexibility index (Phi) is 7.25. The molecular weight excluding hydrogens is 246 g/mol. The summed E-state index contributed by atoms with van der Waals surface area (Å²) in [5.41, 5.74) is 0.999. The highest BCUT2D eigenvalue weighted by atomic mass is 16.5. The van der Waals surface area contributed by atoms with Crippen molar-refractivity contribution in [2.75, 3.05) is 26.9 Å². The van der Waals surface area contributed by atoms with Gasteiger partial charge in [0.2, 0.25) is 0 Å². The van der Waals surface area contributed by atoms with Gasteiger partial charge in [-0.3, -0.25) is 0 Å². The molecule has 19 heavy (non-hydrogen) atoms. The van der Waals surface area contributed by atoms with Gasteiger partial charge in [-0.05, 0) is 19.0 Å². The van der Waals surface area contributed by atoms with Crippen LogP contribution >= 0.6 is 0 Å². The van der Waals surface area contributed by atoms with Gasteiger partial charge in [-0.25, -0.2) is 0 Å². The molecule has 0 aliphatic heterocycles. The Labute approximate surface area is 114 Å². The Morgan fingerprint density at radius 3 is 2.79 bits per heavy atom. The lowest BCUT2D eigenvalue weighted by molar-refractivity contribution is 0.0532. The predicted molar refractivity (Wildman–Crippen MR) is 73.6 cm³/mol. The largest absolute Gasteiger partial charge is 0.497 e. The molecule has 1 aromatic carbocycles. The van der Waals surface area contributed by atoms with Gasteiger partial charge in [0.25, 0.3) is 0 Å². The number of aliphatic hydroxyl groups is 2. The molecule has 1 rings (SSSR count). The molecule has 0 aliphatic rings. The number of hydrogen-bond acceptors (Lipinski definition) is 5. The van der Waals surface area contributed by atoms with E-state index in [0.717, 1.165) is 18.5 Å². The van der Waals surface area contributed by atoms with E-state index in [1.165, 1.54) is 0 Å². The van der Waals surface area contributed by atoms with Gasteiger partial charge in [-0.2, -0.15) is 0 Å². The minimum atomic E-state index is -0.873. The molecule has 5 heteroatoms. The van der Waals surface area contributed by atoms with E-state index in [9.17, 15) is 5.11 Å². The van der Waals surface area contributed by atoms with Crippen LogP contribution in [0, 0.1) is 0 Å².